The van der Waals surface area contributed by atoms with Crippen molar-refractivity contribution in [2.45, 2.75) is 37.8 Å². The number of hydrogen-bond donors (Lipinski definition) is 2. The number of carbonyl (C=O) groups excluding carboxylic acids is 1. The normalized spacial score (nSPS) is 23.0. The third-order valence-electron chi connectivity index (χ3n) is 4.66. The van der Waals surface area contributed by atoms with Crippen LogP contribution in [0.15, 0.2) is 23.4 Å². The standard InChI is InChI=1S/C16H19N5O3/c22-15-5-10-3-1-2-4-11(10)20-21(15)14-8-24-7-13(14)19-16(23)12-6-17-9-18-12/h5-6,9,13-14H,1-4,7-8H2,(H,17,18)(H,19,23). The van der Waals surface area contributed by atoms with E-state index in [1.807, 2.05) is 0 Å². The molecule has 1 fully saturated rings. The molecule has 1 aliphatic carbocycles. The first-order valence-electron chi connectivity index (χ1n) is 8.21. The number of rotatable bonds is 3. The van der Waals surface area contributed by atoms with Crippen LogP contribution in [0.3, 0.4) is 0 Å². The lowest BCUT2D eigenvalue weighted by atomic mass is 9.97. The van der Waals surface area contributed by atoms with Crippen molar-refractivity contribution in [3.05, 3.63) is 45.9 Å². The van der Waals surface area contributed by atoms with Gasteiger partial charge in [0.25, 0.3) is 11.5 Å². The molecular weight excluding hydrogens is 310 g/mol. The van der Waals surface area contributed by atoms with Gasteiger partial charge in [0, 0.05) is 6.07 Å². The number of amides is 1. The molecule has 2 N–H and O–H groups in total. The van der Waals surface area contributed by atoms with Gasteiger partial charge in [0.05, 0.1) is 37.5 Å². The molecule has 0 bridgehead atoms. The molecule has 8 nitrogen and oxygen atoms in total. The van der Waals surface area contributed by atoms with Gasteiger partial charge in [-0.2, -0.15) is 5.10 Å². The molecule has 2 aromatic rings. The van der Waals surface area contributed by atoms with Gasteiger partial charge in [-0.25, -0.2) is 9.67 Å². The summed E-state index contributed by atoms with van der Waals surface area (Å²) in [6.07, 6.45) is 6.93. The van der Waals surface area contributed by atoms with E-state index in [4.69, 9.17) is 4.74 Å². The van der Waals surface area contributed by atoms with Gasteiger partial charge < -0.3 is 15.0 Å². The first-order chi connectivity index (χ1) is 11.7. The number of H-pyrrole nitrogens is 1. The minimum atomic E-state index is -0.298. The summed E-state index contributed by atoms with van der Waals surface area (Å²) in [7, 11) is 0. The lowest BCUT2D eigenvalue weighted by molar-refractivity contribution is 0.0920. The number of aryl methyl sites for hydroxylation is 2. The molecule has 126 valence electrons. The second kappa shape index (κ2) is 6.20. The van der Waals surface area contributed by atoms with E-state index in [-0.39, 0.29) is 23.6 Å². The van der Waals surface area contributed by atoms with Crippen molar-refractivity contribution in [1.82, 2.24) is 25.1 Å². The zero-order chi connectivity index (χ0) is 16.5. The predicted molar refractivity (Wildman–Crippen MR) is 84.8 cm³/mol. The zero-order valence-electron chi connectivity index (χ0n) is 13.2. The maximum Gasteiger partial charge on any atom is 0.269 e. The fourth-order valence-corrected chi connectivity index (χ4v) is 3.36. The van der Waals surface area contributed by atoms with Gasteiger partial charge in [0.1, 0.15) is 11.7 Å². The number of aromatic amines is 1. The van der Waals surface area contributed by atoms with Crippen molar-refractivity contribution >= 4 is 5.91 Å². The number of imidazole rings is 1. The smallest absolute Gasteiger partial charge is 0.269 e. The number of nitrogens with zero attached hydrogens (tertiary/aromatic N) is 3. The molecule has 24 heavy (non-hydrogen) atoms. The second-order valence-electron chi connectivity index (χ2n) is 6.26. The second-order valence-corrected chi connectivity index (χ2v) is 6.26. The lowest BCUT2D eigenvalue weighted by Gasteiger charge is -2.22. The molecule has 3 heterocycles. The van der Waals surface area contributed by atoms with Crippen LogP contribution >= 0.6 is 0 Å². The Bertz CT molecular complexity index is 799. The topological polar surface area (TPSA) is 102 Å². The Morgan fingerprint density at radius 2 is 2.21 bits per heavy atom. The number of aromatic nitrogens is 4. The molecule has 2 unspecified atom stereocenters. The van der Waals surface area contributed by atoms with Crippen molar-refractivity contribution < 1.29 is 9.53 Å². The van der Waals surface area contributed by atoms with E-state index >= 15 is 0 Å². The summed E-state index contributed by atoms with van der Waals surface area (Å²) < 4.78 is 6.98. The molecule has 1 saturated heterocycles. The van der Waals surface area contributed by atoms with Gasteiger partial charge in [-0.15, -0.1) is 0 Å². The van der Waals surface area contributed by atoms with Gasteiger partial charge in [-0.05, 0) is 31.2 Å². The summed E-state index contributed by atoms with van der Waals surface area (Å²) in [6.45, 7) is 0.718. The Morgan fingerprint density at radius 1 is 1.33 bits per heavy atom. The third-order valence-corrected chi connectivity index (χ3v) is 4.66. The summed E-state index contributed by atoms with van der Waals surface area (Å²) in [5, 5.41) is 7.47. The van der Waals surface area contributed by atoms with E-state index in [9.17, 15) is 9.59 Å². The fourth-order valence-electron chi connectivity index (χ4n) is 3.36. The van der Waals surface area contributed by atoms with Crippen LogP contribution in [0.25, 0.3) is 0 Å². The van der Waals surface area contributed by atoms with Crippen LogP contribution in [0.5, 0.6) is 0 Å². The highest BCUT2D eigenvalue weighted by Crippen LogP contribution is 2.21. The largest absolute Gasteiger partial charge is 0.377 e. The average molecular weight is 329 g/mol. The molecular formula is C16H19N5O3. The van der Waals surface area contributed by atoms with Gasteiger partial charge in [0.2, 0.25) is 0 Å². The Labute approximate surface area is 138 Å². The van der Waals surface area contributed by atoms with Crippen molar-refractivity contribution in [3.63, 3.8) is 0 Å². The van der Waals surface area contributed by atoms with E-state index in [1.54, 1.807) is 6.07 Å². The molecule has 0 spiro atoms. The Hall–Kier alpha value is -2.48. The number of fused-ring (bicyclic) bond motifs is 1. The molecule has 2 atom stereocenters. The van der Waals surface area contributed by atoms with Gasteiger partial charge in [0.15, 0.2) is 0 Å². The van der Waals surface area contributed by atoms with E-state index in [0.29, 0.717) is 18.9 Å². The van der Waals surface area contributed by atoms with Crippen molar-refractivity contribution in [1.29, 1.82) is 0 Å². The summed E-state index contributed by atoms with van der Waals surface area (Å²) in [5.74, 6) is -0.265. The quantitative estimate of drug-likeness (QED) is 0.838. The SMILES string of the molecule is O=C(NC1COCC1n1nc2c(cc1=O)CCCC2)c1cnc[nH]1. The summed E-state index contributed by atoms with van der Waals surface area (Å²) in [5.41, 5.74) is 2.30. The fraction of sp³-hybridized carbons (Fsp3) is 0.500. The monoisotopic (exact) mass is 329 g/mol. The van der Waals surface area contributed by atoms with Crippen LogP contribution in [0.2, 0.25) is 0 Å². The van der Waals surface area contributed by atoms with Crippen LogP contribution < -0.4 is 10.9 Å². The number of nitrogens with one attached hydrogen (secondary N) is 2. The van der Waals surface area contributed by atoms with E-state index in [0.717, 1.165) is 36.9 Å². The molecule has 1 aliphatic heterocycles. The summed E-state index contributed by atoms with van der Waals surface area (Å²) in [6, 6.07) is 1.09. The Morgan fingerprint density at radius 3 is 3.04 bits per heavy atom. The van der Waals surface area contributed by atoms with Crippen LogP contribution in [-0.4, -0.2) is 44.9 Å². The number of carbonyl (C=O) groups is 1. The zero-order valence-corrected chi connectivity index (χ0v) is 13.2. The first-order valence-corrected chi connectivity index (χ1v) is 8.21. The highest BCUT2D eigenvalue weighted by Gasteiger charge is 2.33. The average Bonchev–Trinajstić information content (AvgIpc) is 3.26. The molecule has 4 rings (SSSR count). The number of hydrogen-bond acceptors (Lipinski definition) is 5. The molecule has 2 aromatic heterocycles. The van der Waals surface area contributed by atoms with Crippen molar-refractivity contribution in [3.8, 4) is 0 Å². The molecule has 8 heteroatoms. The minimum absolute atomic E-state index is 0.132. The molecule has 2 aliphatic rings. The van der Waals surface area contributed by atoms with Crippen LogP contribution in [-0.2, 0) is 17.6 Å². The van der Waals surface area contributed by atoms with Crippen molar-refractivity contribution in [2.75, 3.05) is 13.2 Å². The van der Waals surface area contributed by atoms with Crippen LogP contribution in [0.1, 0.15) is 40.6 Å². The van der Waals surface area contributed by atoms with Crippen LogP contribution in [0, 0.1) is 0 Å². The Balaban J connectivity index is 1.58. The highest BCUT2D eigenvalue weighted by atomic mass is 16.5. The van der Waals surface area contributed by atoms with Crippen LogP contribution in [0.4, 0.5) is 0 Å². The van der Waals surface area contributed by atoms with Gasteiger partial charge in [-0.3, -0.25) is 9.59 Å². The molecule has 0 aromatic carbocycles. The third kappa shape index (κ3) is 2.73. The van der Waals surface area contributed by atoms with E-state index in [2.05, 4.69) is 20.4 Å². The van der Waals surface area contributed by atoms with Crippen molar-refractivity contribution in [2.24, 2.45) is 0 Å². The summed E-state index contributed by atoms with van der Waals surface area (Å²) in [4.78, 5) is 31.3. The van der Waals surface area contributed by atoms with Gasteiger partial charge in [-0.1, -0.05) is 0 Å². The summed E-state index contributed by atoms with van der Waals surface area (Å²) >= 11 is 0. The first kappa shape index (κ1) is 15.1. The molecule has 0 radical (unpaired) electrons. The maximum atomic E-state index is 12.5. The molecule has 1 amide bonds. The molecule has 0 saturated carbocycles. The predicted octanol–water partition coefficient (Wildman–Crippen LogP) is 0.215. The lowest BCUT2D eigenvalue weighted by Crippen LogP contribution is -2.44. The van der Waals surface area contributed by atoms with E-state index < -0.39 is 0 Å². The highest BCUT2D eigenvalue weighted by molar-refractivity contribution is 5.92. The Kier molecular flexibility index (Phi) is 3.89. The van der Waals surface area contributed by atoms with E-state index in [1.165, 1.54) is 17.2 Å². The number of ether oxygens (including phenoxy) is 1. The maximum absolute atomic E-state index is 12.5. The van der Waals surface area contributed by atoms with Gasteiger partial charge >= 0.3 is 0 Å². The minimum Gasteiger partial charge on any atom is -0.377 e.